The average molecular weight is 349 g/mol. The number of carbonyl (C=O) groups is 1. The molecule has 2 aromatic heterocycles. The van der Waals surface area contributed by atoms with Gasteiger partial charge in [-0.1, -0.05) is 0 Å². The molecule has 3 N–H and O–H groups in total. The summed E-state index contributed by atoms with van der Waals surface area (Å²) in [4.78, 5) is 21.6. The van der Waals surface area contributed by atoms with Crippen LogP contribution in [0.1, 0.15) is 26.1 Å². The topological polar surface area (TPSA) is 91.5 Å². The zero-order chi connectivity index (χ0) is 17.4. The normalized spacial score (nSPS) is 11.4. The highest BCUT2D eigenvalue weighted by molar-refractivity contribution is 7.11. The highest BCUT2D eigenvalue weighted by Gasteiger charge is 2.07. The van der Waals surface area contributed by atoms with E-state index < -0.39 is 0 Å². The van der Waals surface area contributed by atoms with Crippen LogP contribution < -0.4 is 16.0 Å². The summed E-state index contributed by atoms with van der Waals surface area (Å²) in [5.41, 5.74) is 1.10. The van der Waals surface area contributed by atoms with E-state index in [1.54, 1.807) is 30.5 Å². The minimum Gasteiger partial charge on any atom is -0.459 e. The van der Waals surface area contributed by atoms with Crippen LogP contribution in [-0.4, -0.2) is 43.5 Å². The van der Waals surface area contributed by atoms with Gasteiger partial charge >= 0.3 is 0 Å². The summed E-state index contributed by atoms with van der Waals surface area (Å²) in [6.07, 6.45) is 2.33. The fraction of sp³-hybridized carbons (Fsp3) is 0.438. The van der Waals surface area contributed by atoms with Gasteiger partial charge in [0.1, 0.15) is 0 Å². The van der Waals surface area contributed by atoms with Crippen molar-refractivity contribution in [2.24, 2.45) is 4.99 Å². The first-order chi connectivity index (χ1) is 11.6. The Bertz CT molecular complexity index is 659. The van der Waals surface area contributed by atoms with Crippen molar-refractivity contribution < 1.29 is 9.21 Å². The molecule has 0 atom stereocenters. The fourth-order valence-electron chi connectivity index (χ4n) is 2.01. The molecule has 0 aromatic carbocycles. The zero-order valence-corrected chi connectivity index (χ0v) is 15.0. The first-order valence-corrected chi connectivity index (χ1v) is 8.61. The molecule has 0 radical (unpaired) electrons. The lowest BCUT2D eigenvalue weighted by molar-refractivity contribution is 0.0926. The standard InChI is InChI=1S/C16H23N5O2S/c1-11-12(2)24-14(21-11)6-7-19-16(17-3)20-9-8-18-15(22)13-5-4-10-23-13/h4-5,10H,6-9H2,1-3H3,(H,18,22)(H2,17,19,20). The van der Waals surface area contributed by atoms with Gasteiger partial charge in [0.15, 0.2) is 11.7 Å². The third-order valence-corrected chi connectivity index (χ3v) is 4.51. The molecule has 2 heterocycles. The number of carbonyl (C=O) groups excluding carboxylic acids is 1. The third kappa shape index (κ3) is 5.38. The number of thiazole rings is 1. The third-order valence-electron chi connectivity index (χ3n) is 3.38. The van der Waals surface area contributed by atoms with Gasteiger partial charge in [-0.05, 0) is 26.0 Å². The van der Waals surface area contributed by atoms with Gasteiger partial charge in [0.25, 0.3) is 5.91 Å². The second-order valence-electron chi connectivity index (χ2n) is 5.16. The summed E-state index contributed by atoms with van der Waals surface area (Å²) in [5, 5.41) is 10.3. The highest BCUT2D eigenvalue weighted by atomic mass is 32.1. The van der Waals surface area contributed by atoms with E-state index in [0.29, 0.717) is 24.8 Å². The van der Waals surface area contributed by atoms with Gasteiger partial charge in [-0.15, -0.1) is 11.3 Å². The molecule has 2 rings (SSSR count). The smallest absolute Gasteiger partial charge is 0.287 e. The molecule has 2 aromatic rings. The van der Waals surface area contributed by atoms with Crippen molar-refractivity contribution in [2.45, 2.75) is 20.3 Å². The first-order valence-electron chi connectivity index (χ1n) is 7.79. The summed E-state index contributed by atoms with van der Waals surface area (Å²) in [7, 11) is 1.72. The van der Waals surface area contributed by atoms with Crippen LogP contribution in [0.2, 0.25) is 0 Å². The Hall–Kier alpha value is -2.35. The van der Waals surface area contributed by atoms with Gasteiger partial charge in [-0.2, -0.15) is 0 Å². The van der Waals surface area contributed by atoms with E-state index in [9.17, 15) is 4.79 Å². The summed E-state index contributed by atoms with van der Waals surface area (Å²) < 4.78 is 5.03. The molecular weight excluding hydrogens is 326 g/mol. The van der Waals surface area contributed by atoms with Gasteiger partial charge < -0.3 is 20.4 Å². The maximum atomic E-state index is 11.7. The number of guanidine groups is 1. The molecule has 0 saturated carbocycles. The quantitative estimate of drug-likeness (QED) is 0.400. The second-order valence-corrected chi connectivity index (χ2v) is 6.45. The molecule has 0 aliphatic rings. The number of aromatic nitrogens is 1. The van der Waals surface area contributed by atoms with E-state index in [0.717, 1.165) is 23.7 Å². The van der Waals surface area contributed by atoms with Gasteiger partial charge in [0.2, 0.25) is 0 Å². The minimum absolute atomic E-state index is 0.223. The fourth-order valence-corrected chi connectivity index (χ4v) is 2.94. The number of aliphatic imine (C=N–C) groups is 1. The predicted molar refractivity (Wildman–Crippen MR) is 95.7 cm³/mol. The molecule has 24 heavy (non-hydrogen) atoms. The second kappa shape index (κ2) is 9.07. The number of amides is 1. The van der Waals surface area contributed by atoms with E-state index >= 15 is 0 Å². The lowest BCUT2D eigenvalue weighted by Crippen LogP contribution is -2.42. The monoisotopic (exact) mass is 349 g/mol. The summed E-state index contributed by atoms with van der Waals surface area (Å²) in [6, 6.07) is 3.32. The molecule has 130 valence electrons. The summed E-state index contributed by atoms with van der Waals surface area (Å²) >= 11 is 1.73. The van der Waals surface area contributed by atoms with Crippen LogP contribution in [0.5, 0.6) is 0 Å². The van der Waals surface area contributed by atoms with Crippen molar-refractivity contribution in [1.82, 2.24) is 20.9 Å². The van der Waals surface area contributed by atoms with Crippen molar-refractivity contribution in [3.8, 4) is 0 Å². The lowest BCUT2D eigenvalue weighted by atomic mass is 10.4. The molecule has 0 saturated heterocycles. The number of hydrogen-bond donors (Lipinski definition) is 3. The number of hydrogen-bond acceptors (Lipinski definition) is 5. The van der Waals surface area contributed by atoms with Crippen molar-refractivity contribution in [2.75, 3.05) is 26.7 Å². The maximum Gasteiger partial charge on any atom is 0.287 e. The van der Waals surface area contributed by atoms with E-state index in [-0.39, 0.29) is 5.91 Å². The number of nitrogens with zero attached hydrogens (tertiary/aromatic N) is 2. The molecule has 0 fully saturated rings. The van der Waals surface area contributed by atoms with Gasteiger partial charge in [-0.3, -0.25) is 9.79 Å². The molecule has 0 aliphatic carbocycles. The minimum atomic E-state index is -0.223. The summed E-state index contributed by atoms with van der Waals surface area (Å²) in [6.45, 7) is 5.92. The van der Waals surface area contributed by atoms with Crippen LogP contribution >= 0.6 is 11.3 Å². The van der Waals surface area contributed by atoms with Crippen LogP contribution in [-0.2, 0) is 6.42 Å². The number of aryl methyl sites for hydroxylation is 2. The van der Waals surface area contributed by atoms with Gasteiger partial charge in [0, 0.05) is 38.0 Å². The van der Waals surface area contributed by atoms with E-state index in [2.05, 4.69) is 32.9 Å². The Balaban J connectivity index is 1.62. The van der Waals surface area contributed by atoms with E-state index in [4.69, 9.17) is 4.42 Å². The Morgan fingerprint density at radius 1 is 1.25 bits per heavy atom. The molecule has 1 amide bonds. The molecule has 0 bridgehead atoms. The molecular formula is C16H23N5O2S. The Morgan fingerprint density at radius 2 is 2.00 bits per heavy atom. The maximum absolute atomic E-state index is 11.7. The lowest BCUT2D eigenvalue weighted by Gasteiger charge is -2.11. The molecule has 7 nitrogen and oxygen atoms in total. The zero-order valence-electron chi connectivity index (χ0n) is 14.2. The SMILES string of the molecule is CN=C(NCCNC(=O)c1ccco1)NCCc1nc(C)c(C)s1. The van der Waals surface area contributed by atoms with Crippen LogP contribution in [0.4, 0.5) is 0 Å². The summed E-state index contributed by atoms with van der Waals surface area (Å²) in [5.74, 6) is 0.790. The van der Waals surface area contributed by atoms with Crippen LogP contribution in [0.25, 0.3) is 0 Å². The number of rotatable bonds is 7. The largest absolute Gasteiger partial charge is 0.459 e. The van der Waals surface area contributed by atoms with Crippen LogP contribution in [0, 0.1) is 13.8 Å². The van der Waals surface area contributed by atoms with Crippen LogP contribution in [0.15, 0.2) is 27.8 Å². The Morgan fingerprint density at radius 3 is 2.62 bits per heavy atom. The predicted octanol–water partition coefficient (Wildman–Crippen LogP) is 1.49. The molecule has 0 aliphatic heterocycles. The first kappa shape index (κ1) is 18.0. The molecule has 0 unspecified atom stereocenters. The van der Waals surface area contributed by atoms with Crippen molar-refractivity contribution in [3.05, 3.63) is 39.7 Å². The number of nitrogens with one attached hydrogen (secondary N) is 3. The van der Waals surface area contributed by atoms with Crippen LogP contribution in [0.3, 0.4) is 0 Å². The molecule has 8 heteroatoms. The van der Waals surface area contributed by atoms with Gasteiger partial charge in [-0.25, -0.2) is 4.98 Å². The van der Waals surface area contributed by atoms with Crippen molar-refractivity contribution >= 4 is 23.2 Å². The van der Waals surface area contributed by atoms with E-state index in [1.165, 1.54) is 11.1 Å². The average Bonchev–Trinajstić information content (AvgIpc) is 3.20. The highest BCUT2D eigenvalue weighted by Crippen LogP contribution is 2.16. The number of furan rings is 1. The Labute approximate surface area is 145 Å². The van der Waals surface area contributed by atoms with Crippen molar-refractivity contribution in [1.29, 1.82) is 0 Å². The van der Waals surface area contributed by atoms with E-state index in [1.807, 2.05) is 6.92 Å². The van der Waals surface area contributed by atoms with Gasteiger partial charge in [0.05, 0.1) is 17.0 Å². The molecule has 0 spiro atoms. The van der Waals surface area contributed by atoms with Crippen molar-refractivity contribution in [3.63, 3.8) is 0 Å². The Kier molecular flexibility index (Phi) is 6.80.